The number of nitro groups is 1. The predicted octanol–water partition coefficient (Wildman–Crippen LogP) is 4.32. The van der Waals surface area contributed by atoms with Crippen molar-refractivity contribution in [3.63, 3.8) is 0 Å². The first-order valence-electron chi connectivity index (χ1n) is 9.75. The molecule has 0 spiro atoms. The molecule has 6 heteroatoms. The maximum atomic E-state index is 12.4. The summed E-state index contributed by atoms with van der Waals surface area (Å²) in [7, 11) is 0. The molecular formula is C21H25N3O3. The van der Waals surface area contributed by atoms with E-state index in [0.717, 1.165) is 17.8 Å². The summed E-state index contributed by atoms with van der Waals surface area (Å²) in [6, 6.07) is 6.52. The Kier molecular flexibility index (Phi) is 4.81. The van der Waals surface area contributed by atoms with Gasteiger partial charge in [0.25, 0.3) is 5.69 Å². The van der Waals surface area contributed by atoms with Crippen molar-refractivity contribution in [1.82, 2.24) is 5.43 Å². The number of carbonyl (C=O) groups excluding carboxylic acids is 1. The molecule has 5 rings (SSSR count). The van der Waals surface area contributed by atoms with Crippen molar-refractivity contribution in [2.45, 2.75) is 44.9 Å². The first kappa shape index (κ1) is 17.9. The highest BCUT2D eigenvalue weighted by atomic mass is 16.6. The van der Waals surface area contributed by atoms with E-state index >= 15 is 0 Å². The smallest absolute Gasteiger partial charge is 0.273 e. The van der Waals surface area contributed by atoms with Crippen molar-refractivity contribution in [3.8, 4) is 0 Å². The number of hydrogen-bond acceptors (Lipinski definition) is 4. The van der Waals surface area contributed by atoms with Crippen LogP contribution in [0.15, 0.2) is 35.4 Å². The van der Waals surface area contributed by atoms with Crippen LogP contribution in [0.2, 0.25) is 0 Å². The van der Waals surface area contributed by atoms with Crippen LogP contribution in [0.1, 0.15) is 50.5 Å². The van der Waals surface area contributed by atoms with Gasteiger partial charge < -0.3 is 0 Å². The SMILES string of the molecule is O=C(CC12CC3CC(CC(C3)C1)C2)N/N=C\C=C\c1ccccc1[N+](=O)[O-]. The van der Waals surface area contributed by atoms with Crippen LogP contribution in [0, 0.1) is 33.3 Å². The van der Waals surface area contributed by atoms with E-state index in [9.17, 15) is 14.9 Å². The summed E-state index contributed by atoms with van der Waals surface area (Å²) in [6.07, 6.45) is 13.0. The van der Waals surface area contributed by atoms with Gasteiger partial charge in [0.15, 0.2) is 0 Å². The molecule has 4 bridgehead atoms. The third kappa shape index (κ3) is 3.94. The highest BCUT2D eigenvalue weighted by Gasteiger charge is 2.51. The molecule has 1 amide bonds. The predicted molar refractivity (Wildman–Crippen MR) is 104 cm³/mol. The van der Waals surface area contributed by atoms with Crippen molar-refractivity contribution in [2.75, 3.05) is 0 Å². The van der Waals surface area contributed by atoms with Gasteiger partial charge in [-0.1, -0.05) is 12.1 Å². The Balaban J connectivity index is 1.30. The van der Waals surface area contributed by atoms with Crippen LogP contribution in [-0.4, -0.2) is 17.0 Å². The molecule has 4 saturated carbocycles. The van der Waals surface area contributed by atoms with E-state index in [0.29, 0.717) is 12.0 Å². The third-order valence-corrected chi connectivity index (χ3v) is 6.46. The van der Waals surface area contributed by atoms with Crippen molar-refractivity contribution in [1.29, 1.82) is 0 Å². The van der Waals surface area contributed by atoms with Gasteiger partial charge in [-0.05, 0) is 79.9 Å². The van der Waals surface area contributed by atoms with Gasteiger partial charge in [-0.15, -0.1) is 0 Å². The van der Waals surface area contributed by atoms with Gasteiger partial charge in [0.2, 0.25) is 5.91 Å². The lowest BCUT2D eigenvalue weighted by molar-refractivity contribution is -0.385. The van der Waals surface area contributed by atoms with E-state index in [1.807, 2.05) is 0 Å². The van der Waals surface area contributed by atoms with Gasteiger partial charge >= 0.3 is 0 Å². The molecular weight excluding hydrogens is 342 g/mol. The maximum Gasteiger partial charge on any atom is 0.276 e. The van der Waals surface area contributed by atoms with Crippen molar-refractivity contribution in [2.24, 2.45) is 28.3 Å². The van der Waals surface area contributed by atoms with E-state index in [4.69, 9.17) is 0 Å². The molecule has 0 radical (unpaired) electrons. The summed E-state index contributed by atoms with van der Waals surface area (Å²) >= 11 is 0. The summed E-state index contributed by atoms with van der Waals surface area (Å²) in [4.78, 5) is 22.9. The number of carbonyl (C=O) groups is 1. The molecule has 142 valence electrons. The molecule has 0 unspecified atom stereocenters. The molecule has 4 aliphatic carbocycles. The minimum Gasteiger partial charge on any atom is -0.273 e. The largest absolute Gasteiger partial charge is 0.276 e. The topological polar surface area (TPSA) is 84.6 Å². The number of rotatable bonds is 6. The standard InChI is InChI=1S/C21H25N3O3/c25-20(14-21-11-15-8-16(12-21)10-17(9-15)13-21)23-22-7-3-5-18-4-1-2-6-19(18)24(26)27/h1-7,15-17H,8-14H2,(H,23,25)/b5-3+,22-7-. The van der Waals surface area contributed by atoms with Gasteiger partial charge in [-0.2, -0.15) is 5.10 Å². The Hall–Kier alpha value is -2.50. The number of para-hydroxylation sites is 1. The van der Waals surface area contributed by atoms with E-state index < -0.39 is 4.92 Å². The zero-order chi connectivity index (χ0) is 18.9. The summed E-state index contributed by atoms with van der Waals surface area (Å²) < 4.78 is 0. The Labute approximate surface area is 158 Å². The maximum absolute atomic E-state index is 12.4. The number of allylic oxidation sites excluding steroid dienone is 1. The summed E-state index contributed by atoms with van der Waals surface area (Å²) in [5.41, 5.74) is 3.39. The number of nitrogens with zero attached hydrogens (tertiary/aromatic N) is 2. The van der Waals surface area contributed by atoms with Gasteiger partial charge in [0.05, 0.1) is 10.5 Å². The fourth-order valence-electron chi connectivity index (χ4n) is 5.98. The molecule has 4 fully saturated rings. The fraction of sp³-hybridized carbons (Fsp3) is 0.524. The molecule has 6 nitrogen and oxygen atoms in total. The van der Waals surface area contributed by atoms with Gasteiger partial charge in [0, 0.05) is 18.7 Å². The quantitative estimate of drug-likeness (QED) is 0.462. The van der Waals surface area contributed by atoms with Crippen LogP contribution < -0.4 is 5.43 Å². The molecule has 1 aromatic rings. The van der Waals surface area contributed by atoms with Crippen LogP contribution in [0.4, 0.5) is 5.69 Å². The van der Waals surface area contributed by atoms with Crippen LogP contribution in [-0.2, 0) is 4.79 Å². The second-order valence-corrected chi connectivity index (χ2v) is 8.58. The van der Waals surface area contributed by atoms with Crippen LogP contribution in [0.3, 0.4) is 0 Å². The highest BCUT2D eigenvalue weighted by molar-refractivity contribution is 5.82. The lowest BCUT2D eigenvalue weighted by Gasteiger charge is -2.56. The first-order valence-corrected chi connectivity index (χ1v) is 9.75. The minimum absolute atomic E-state index is 0.0210. The fourth-order valence-corrected chi connectivity index (χ4v) is 5.98. The second kappa shape index (κ2) is 7.25. The van der Waals surface area contributed by atoms with Crippen LogP contribution >= 0.6 is 0 Å². The van der Waals surface area contributed by atoms with E-state index in [1.54, 1.807) is 30.4 Å². The van der Waals surface area contributed by atoms with Crippen LogP contribution in [0.5, 0.6) is 0 Å². The average molecular weight is 367 g/mol. The number of benzene rings is 1. The van der Waals surface area contributed by atoms with Gasteiger partial charge in [-0.25, -0.2) is 5.43 Å². The van der Waals surface area contributed by atoms with Crippen LogP contribution in [0.25, 0.3) is 6.08 Å². The number of hydrogen-bond donors (Lipinski definition) is 1. The summed E-state index contributed by atoms with van der Waals surface area (Å²) in [5, 5.41) is 15.0. The van der Waals surface area contributed by atoms with E-state index in [-0.39, 0.29) is 17.0 Å². The van der Waals surface area contributed by atoms with E-state index in [1.165, 1.54) is 50.8 Å². The van der Waals surface area contributed by atoms with Gasteiger partial charge in [0.1, 0.15) is 0 Å². The molecule has 0 heterocycles. The Morgan fingerprint density at radius 3 is 2.44 bits per heavy atom. The summed E-state index contributed by atoms with van der Waals surface area (Å²) in [5.74, 6) is 2.47. The zero-order valence-electron chi connectivity index (χ0n) is 15.3. The number of nitrogens with one attached hydrogen (secondary N) is 1. The lowest BCUT2D eigenvalue weighted by atomic mass is 9.49. The molecule has 0 saturated heterocycles. The number of hydrazone groups is 1. The molecule has 0 atom stereocenters. The molecule has 0 aliphatic heterocycles. The number of amides is 1. The monoisotopic (exact) mass is 367 g/mol. The Bertz CT molecular complexity index is 764. The third-order valence-electron chi connectivity index (χ3n) is 6.46. The second-order valence-electron chi connectivity index (χ2n) is 8.58. The van der Waals surface area contributed by atoms with Crippen molar-refractivity contribution >= 4 is 23.9 Å². The van der Waals surface area contributed by atoms with Crippen molar-refractivity contribution < 1.29 is 9.72 Å². The molecule has 27 heavy (non-hydrogen) atoms. The average Bonchev–Trinajstić information content (AvgIpc) is 2.60. The minimum atomic E-state index is -0.413. The highest BCUT2D eigenvalue weighted by Crippen LogP contribution is 2.61. The van der Waals surface area contributed by atoms with Crippen molar-refractivity contribution in [3.05, 3.63) is 46.0 Å². The van der Waals surface area contributed by atoms with E-state index in [2.05, 4.69) is 10.5 Å². The zero-order valence-corrected chi connectivity index (χ0v) is 15.3. The molecule has 0 aromatic heterocycles. The summed E-state index contributed by atoms with van der Waals surface area (Å²) in [6.45, 7) is 0. The first-order chi connectivity index (χ1) is 13.0. The Morgan fingerprint density at radius 2 is 1.81 bits per heavy atom. The normalized spacial score (nSPS) is 31.6. The molecule has 1 aromatic carbocycles. The lowest BCUT2D eigenvalue weighted by Crippen LogP contribution is -2.47. The van der Waals surface area contributed by atoms with Gasteiger partial charge in [-0.3, -0.25) is 14.9 Å². The number of nitro benzene ring substituents is 1. The molecule has 4 aliphatic rings. The molecule has 1 N–H and O–H groups in total. The Morgan fingerprint density at radius 1 is 1.19 bits per heavy atom.